The van der Waals surface area contributed by atoms with Crippen LogP contribution < -0.4 is 26.4 Å². The number of likely N-dealkylation sites (tertiary alicyclic amines) is 2. The molecule has 9 rings (SSSR count). The van der Waals surface area contributed by atoms with E-state index < -0.39 is 24.4 Å². The summed E-state index contributed by atoms with van der Waals surface area (Å²) in [5, 5.41) is 11.3. The number of anilines is 2. The van der Waals surface area contributed by atoms with Crippen LogP contribution in [0.5, 0.6) is 11.5 Å². The van der Waals surface area contributed by atoms with E-state index in [1.54, 1.807) is 70.9 Å². The van der Waals surface area contributed by atoms with Gasteiger partial charge in [-0.05, 0) is 161 Å². The Labute approximate surface area is 517 Å². The van der Waals surface area contributed by atoms with Gasteiger partial charge in [0.2, 0.25) is 0 Å². The van der Waals surface area contributed by atoms with E-state index in [0.717, 1.165) is 52.3 Å². The molecule has 83 heavy (non-hydrogen) atoms. The van der Waals surface area contributed by atoms with Crippen LogP contribution in [0.3, 0.4) is 0 Å². The van der Waals surface area contributed by atoms with Crippen LogP contribution in [-0.4, -0.2) is 107 Å². The van der Waals surface area contributed by atoms with Crippen molar-refractivity contribution in [2.45, 2.75) is 163 Å². The third-order valence-corrected chi connectivity index (χ3v) is 16.0. The lowest BCUT2D eigenvalue weighted by Gasteiger charge is -2.33. The van der Waals surface area contributed by atoms with Gasteiger partial charge in [0, 0.05) is 109 Å². The number of carbonyl (C=O) groups is 2. The fourth-order valence-corrected chi connectivity index (χ4v) is 10.9. The summed E-state index contributed by atoms with van der Waals surface area (Å²) >= 11 is 28.3. The Morgan fingerprint density at radius 3 is 1.47 bits per heavy atom. The molecule has 4 aromatic heterocycles. The first kappa shape index (κ1) is 66.7. The van der Waals surface area contributed by atoms with Crippen molar-refractivity contribution in [2.24, 2.45) is 0 Å². The summed E-state index contributed by atoms with van der Waals surface area (Å²) in [5.74, 6) is 1.51. The summed E-state index contributed by atoms with van der Waals surface area (Å²) in [6.07, 6.45) is 12.9. The molecule has 6 aromatic rings. The van der Waals surface area contributed by atoms with Gasteiger partial charge in [0.25, 0.3) is 0 Å². The quantitative estimate of drug-likeness (QED) is 0.122. The molecular formula is C59H78BBrCl4N10O8. The molecule has 3 aliphatic heterocycles. The van der Waals surface area contributed by atoms with Crippen molar-refractivity contribution in [3.05, 3.63) is 121 Å². The first-order chi connectivity index (χ1) is 38.4. The van der Waals surface area contributed by atoms with E-state index >= 15 is 0 Å². The predicted molar refractivity (Wildman–Crippen MR) is 334 cm³/mol. The smallest absolute Gasteiger partial charge is 0.482 e. The van der Waals surface area contributed by atoms with Crippen LogP contribution in [0.1, 0.15) is 152 Å². The van der Waals surface area contributed by atoms with Gasteiger partial charge in [-0.3, -0.25) is 9.36 Å². The van der Waals surface area contributed by atoms with Crippen molar-refractivity contribution < 1.29 is 37.8 Å². The van der Waals surface area contributed by atoms with Crippen molar-refractivity contribution in [1.82, 2.24) is 39.3 Å². The molecule has 3 saturated heterocycles. The maximum Gasteiger partial charge on any atom is 0.498 e. The van der Waals surface area contributed by atoms with Gasteiger partial charge in [0.15, 0.2) is 23.1 Å². The molecule has 3 fully saturated rings. The molecule has 18 nitrogen and oxygen atoms in total. The number of hydrogen-bond donors (Lipinski definition) is 2. The monoisotopic (exact) mass is 1280 g/mol. The summed E-state index contributed by atoms with van der Waals surface area (Å²) in [6, 6.07) is 14.7. The lowest BCUT2D eigenvalue weighted by molar-refractivity contribution is 0.00578. The minimum absolute atomic E-state index is 0. The first-order valence-corrected chi connectivity index (χ1v) is 29.5. The largest absolute Gasteiger partial charge is 0.498 e. The Balaban J connectivity index is 0.000000209. The standard InChI is InChI=1S/C26H31Cl2N5O3.C19H32BN3O4.C13H11BrCl2N2O.CH4/c1-16(23-20(27)6-5-7-21(23)28)35-22-12-17(13-30-24(22)29)18-14-31-33(15-18)19-8-10-32(11-9-19)25(34)36-26(2,3)4;1-17(2,3)25-16(24)22-10-8-15(9-11-22)23-13-14(12-21-23)20-26-18(4,5)19(6,7)27-20;1-7(12-9(15)3-2-4-10(12)16)19-11-5-8(14)6-18-13(11)17;/h5-7,12-16,19H,8-11H2,1-4H3,(H2,29,30);12-13,15H,8-11H2,1-7H3;2-7H,1H3,(H2,17,18);1H4. The topological polar surface area (TPSA) is 209 Å². The van der Waals surface area contributed by atoms with Crippen LogP contribution in [0, 0.1) is 0 Å². The molecule has 0 radical (unpaired) electrons. The van der Waals surface area contributed by atoms with E-state index in [1.807, 2.05) is 117 Å². The molecule has 2 atom stereocenters. The second kappa shape index (κ2) is 27.7. The van der Waals surface area contributed by atoms with Gasteiger partial charge < -0.3 is 49.5 Å². The first-order valence-electron chi connectivity index (χ1n) is 27.2. The van der Waals surface area contributed by atoms with E-state index in [2.05, 4.69) is 36.1 Å². The van der Waals surface area contributed by atoms with Crippen LogP contribution in [0.25, 0.3) is 11.1 Å². The maximum atomic E-state index is 12.3. The van der Waals surface area contributed by atoms with Crippen LogP contribution in [-0.2, 0) is 18.8 Å². The van der Waals surface area contributed by atoms with Gasteiger partial charge in [-0.1, -0.05) is 66.0 Å². The van der Waals surface area contributed by atoms with E-state index in [1.165, 1.54) is 0 Å². The summed E-state index contributed by atoms with van der Waals surface area (Å²) < 4.78 is 39.8. The van der Waals surface area contributed by atoms with Crippen molar-refractivity contribution in [3.8, 4) is 22.6 Å². The number of halogens is 5. The highest BCUT2D eigenvalue weighted by Crippen LogP contribution is 2.39. The maximum absolute atomic E-state index is 12.3. The van der Waals surface area contributed by atoms with Gasteiger partial charge in [-0.25, -0.2) is 19.6 Å². The SMILES string of the molecule is C.CC(C)(C)OC(=O)N1CCC(n2cc(B3OC(C)(C)C(C)(C)O3)cn2)CC1.CC(Oc1cc(-c2cnn(C3CCN(C(=O)OC(C)(C)C)CC3)c2)cnc1N)c1c(Cl)cccc1Cl.CC(Oc1cc(Br)cnc1N)c1c(Cl)cccc1Cl. The zero-order valence-corrected chi connectivity index (χ0v) is 53.1. The third kappa shape index (κ3) is 17.6. The zero-order valence-electron chi connectivity index (χ0n) is 48.5. The van der Waals surface area contributed by atoms with Crippen LogP contribution in [0.2, 0.25) is 20.1 Å². The Bertz CT molecular complexity index is 3120. The number of benzene rings is 2. The molecule has 3 aliphatic rings. The molecule has 0 aliphatic carbocycles. The number of ether oxygens (including phenoxy) is 4. The number of hydrogen-bond acceptors (Lipinski definition) is 14. The summed E-state index contributed by atoms with van der Waals surface area (Å²) in [4.78, 5) is 36.4. The molecule has 2 aromatic carbocycles. The molecule has 450 valence electrons. The zero-order chi connectivity index (χ0) is 60.1. The Morgan fingerprint density at radius 2 is 1.04 bits per heavy atom. The third-order valence-electron chi connectivity index (χ3n) is 14.2. The summed E-state index contributed by atoms with van der Waals surface area (Å²) in [5.41, 5.74) is 14.3. The fraction of sp³-hybridized carbons (Fsp3) is 0.492. The molecule has 4 N–H and O–H groups in total. The number of aromatic nitrogens is 6. The number of piperidine rings is 2. The second-order valence-corrected chi connectivity index (χ2v) is 25.9. The van der Waals surface area contributed by atoms with Gasteiger partial charge in [-0.2, -0.15) is 10.2 Å². The molecule has 0 spiro atoms. The summed E-state index contributed by atoms with van der Waals surface area (Å²) in [6.45, 7) is 25.8. The molecule has 7 heterocycles. The van der Waals surface area contributed by atoms with E-state index in [4.69, 9.17) is 86.1 Å². The highest BCUT2D eigenvalue weighted by Gasteiger charge is 2.52. The predicted octanol–water partition coefficient (Wildman–Crippen LogP) is 14.8. The van der Waals surface area contributed by atoms with Gasteiger partial charge in [-0.15, -0.1) is 0 Å². The minimum Gasteiger partial charge on any atom is -0.482 e. The Hall–Kier alpha value is -5.48. The minimum atomic E-state index is -0.502. The van der Waals surface area contributed by atoms with Crippen LogP contribution >= 0.6 is 62.3 Å². The highest BCUT2D eigenvalue weighted by molar-refractivity contribution is 9.10. The van der Waals surface area contributed by atoms with Crippen molar-refractivity contribution in [3.63, 3.8) is 0 Å². The van der Waals surface area contributed by atoms with Crippen molar-refractivity contribution in [2.75, 3.05) is 37.6 Å². The molecule has 2 unspecified atom stereocenters. The average Bonchev–Trinajstić information content (AvgIpc) is 2.98. The number of rotatable bonds is 10. The number of carbonyl (C=O) groups excluding carboxylic acids is 2. The summed E-state index contributed by atoms with van der Waals surface area (Å²) in [7, 11) is -0.398. The molecule has 24 heteroatoms. The molecule has 2 amide bonds. The average molecular weight is 1290 g/mol. The van der Waals surface area contributed by atoms with Gasteiger partial charge in [0.1, 0.15) is 23.4 Å². The van der Waals surface area contributed by atoms with Gasteiger partial charge in [0.05, 0.1) is 29.5 Å². The molecule has 0 bridgehead atoms. The van der Waals surface area contributed by atoms with Crippen molar-refractivity contribution in [1.29, 1.82) is 0 Å². The number of amides is 2. The fourth-order valence-electron chi connectivity index (χ4n) is 9.15. The van der Waals surface area contributed by atoms with Crippen molar-refractivity contribution >= 4 is 98.7 Å². The number of nitrogen functional groups attached to an aromatic ring is 2. The van der Waals surface area contributed by atoms with Crippen LogP contribution in [0.15, 0.2) is 90.2 Å². The van der Waals surface area contributed by atoms with E-state index in [-0.39, 0.29) is 54.8 Å². The molecule has 0 saturated carbocycles. The lowest BCUT2D eigenvalue weighted by atomic mass is 9.82. The molecular weight excluding hydrogens is 1210 g/mol. The number of nitrogens with two attached hydrogens (primary N) is 2. The number of pyridine rings is 2. The van der Waals surface area contributed by atoms with E-state index in [0.29, 0.717) is 69.1 Å². The normalized spacial score (nSPS) is 17.0. The Morgan fingerprint density at radius 1 is 0.639 bits per heavy atom. The second-order valence-electron chi connectivity index (χ2n) is 23.4. The lowest BCUT2D eigenvalue weighted by Crippen LogP contribution is -2.42. The Kier molecular flexibility index (Phi) is 22.2. The van der Waals surface area contributed by atoms with E-state index in [9.17, 15) is 9.59 Å². The highest BCUT2D eigenvalue weighted by atomic mass is 79.9. The van der Waals surface area contributed by atoms with Crippen LogP contribution in [0.4, 0.5) is 21.2 Å². The number of nitrogens with zero attached hydrogens (tertiary/aromatic N) is 8. The van der Waals surface area contributed by atoms with Gasteiger partial charge >= 0.3 is 19.3 Å².